The van der Waals surface area contributed by atoms with Crippen LogP contribution in [0.4, 0.5) is 5.69 Å². The van der Waals surface area contributed by atoms with E-state index in [1.807, 2.05) is 4.90 Å². The van der Waals surface area contributed by atoms with Gasteiger partial charge in [0.1, 0.15) is 0 Å². The highest BCUT2D eigenvalue weighted by molar-refractivity contribution is 5.96. The third-order valence-electron chi connectivity index (χ3n) is 4.13. The van der Waals surface area contributed by atoms with Crippen LogP contribution < -0.4 is 0 Å². The Kier molecular flexibility index (Phi) is 2.97. The van der Waals surface area contributed by atoms with Crippen molar-refractivity contribution in [2.45, 2.75) is 44.2 Å². The lowest BCUT2D eigenvalue weighted by Gasteiger charge is -2.07. The lowest BCUT2D eigenvalue weighted by molar-refractivity contribution is -0.384. The predicted molar refractivity (Wildman–Crippen MR) is 69.9 cm³/mol. The normalized spacial score (nSPS) is 25.4. The number of amides is 1. The van der Waals surface area contributed by atoms with E-state index in [-0.39, 0.29) is 11.6 Å². The molecule has 5 heteroatoms. The molecule has 1 aliphatic heterocycles. The van der Waals surface area contributed by atoms with E-state index < -0.39 is 4.92 Å². The van der Waals surface area contributed by atoms with Gasteiger partial charge in [0.15, 0.2) is 0 Å². The Balaban J connectivity index is 1.72. The summed E-state index contributed by atoms with van der Waals surface area (Å²) in [5.74, 6) is 0.0202. The van der Waals surface area contributed by atoms with Crippen molar-refractivity contribution in [3.05, 3.63) is 39.9 Å². The quantitative estimate of drug-likeness (QED) is 0.466. The molecule has 1 amide bonds. The first kappa shape index (κ1) is 12.1. The summed E-state index contributed by atoms with van der Waals surface area (Å²) in [4.78, 5) is 24.4. The van der Waals surface area contributed by atoms with Crippen molar-refractivity contribution in [3.63, 3.8) is 0 Å². The molecule has 0 spiro atoms. The van der Waals surface area contributed by atoms with Crippen LogP contribution in [0.1, 0.15) is 42.5 Å². The van der Waals surface area contributed by atoms with Gasteiger partial charge in [-0.15, -0.1) is 0 Å². The van der Waals surface area contributed by atoms with Crippen LogP contribution in [0.25, 0.3) is 0 Å². The van der Waals surface area contributed by atoms with Gasteiger partial charge in [0.2, 0.25) is 0 Å². The van der Waals surface area contributed by atoms with Crippen molar-refractivity contribution < 1.29 is 9.72 Å². The fourth-order valence-electron chi connectivity index (χ4n) is 3.06. The van der Waals surface area contributed by atoms with Crippen molar-refractivity contribution in [1.82, 2.24) is 4.90 Å². The molecule has 19 heavy (non-hydrogen) atoms. The number of rotatable bonds is 2. The molecule has 1 heterocycles. The largest absolute Gasteiger partial charge is 0.329 e. The Hall–Kier alpha value is -1.91. The summed E-state index contributed by atoms with van der Waals surface area (Å²) in [6.07, 6.45) is 5.87. The molecule has 2 atom stereocenters. The SMILES string of the molecule is O=C(c1ccc([N+](=O)[O-])cc1)N1[C@@H]2CCCCC[C@@H]21. The summed E-state index contributed by atoms with van der Waals surface area (Å²) in [7, 11) is 0. The summed E-state index contributed by atoms with van der Waals surface area (Å²) in [5.41, 5.74) is 0.579. The predicted octanol–water partition coefficient (Wildman–Crippen LogP) is 2.75. The number of carbonyl (C=O) groups is 1. The number of benzene rings is 1. The highest BCUT2D eigenvalue weighted by Crippen LogP contribution is 2.40. The molecule has 1 aromatic rings. The van der Waals surface area contributed by atoms with Crippen LogP contribution in [0.15, 0.2) is 24.3 Å². The number of nitrogens with zero attached hydrogens (tertiary/aromatic N) is 2. The average Bonchev–Trinajstić information content (AvgIpc) is 3.13. The van der Waals surface area contributed by atoms with E-state index >= 15 is 0 Å². The number of fused-ring (bicyclic) bond motifs is 1. The lowest BCUT2D eigenvalue weighted by Crippen LogP contribution is -2.15. The van der Waals surface area contributed by atoms with Gasteiger partial charge in [0, 0.05) is 17.7 Å². The summed E-state index contributed by atoms with van der Waals surface area (Å²) in [5, 5.41) is 10.6. The van der Waals surface area contributed by atoms with Gasteiger partial charge in [-0.25, -0.2) is 0 Å². The summed E-state index contributed by atoms with van der Waals surface area (Å²) in [6, 6.07) is 6.71. The molecule has 5 nitrogen and oxygen atoms in total. The molecule has 0 N–H and O–H groups in total. The second-order valence-corrected chi connectivity index (χ2v) is 5.29. The molecule has 0 bridgehead atoms. The fraction of sp³-hybridized carbons (Fsp3) is 0.500. The van der Waals surface area contributed by atoms with Crippen molar-refractivity contribution in [2.75, 3.05) is 0 Å². The number of non-ortho nitro benzene ring substituents is 1. The van der Waals surface area contributed by atoms with Gasteiger partial charge >= 0.3 is 0 Å². The van der Waals surface area contributed by atoms with Gasteiger partial charge in [-0.05, 0) is 25.0 Å². The lowest BCUT2D eigenvalue weighted by atomic mass is 10.1. The Bertz CT molecular complexity index is 500. The van der Waals surface area contributed by atoms with Crippen LogP contribution in [-0.2, 0) is 0 Å². The molecule has 1 aliphatic carbocycles. The van der Waals surface area contributed by atoms with Crippen molar-refractivity contribution in [1.29, 1.82) is 0 Å². The van der Waals surface area contributed by atoms with E-state index in [1.54, 1.807) is 12.1 Å². The van der Waals surface area contributed by atoms with Crippen LogP contribution in [0, 0.1) is 10.1 Å². The maximum Gasteiger partial charge on any atom is 0.269 e. The number of hydrogen-bond donors (Lipinski definition) is 0. The minimum Gasteiger partial charge on any atom is -0.329 e. The molecule has 100 valence electrons. The van der Waals surface area contributed by atoms with Crippen LogP contribution in [0.5, 0.6) is 0 Å². The number of nitro groups is 1. The van der Waals surface area contributed by atoms with Crippen molar-refractivity contribution in [3.8, 4) is 0 Å². The van der Waals surface area contributed by atoms with E-state index in [2.05, 4.69) is 0 Å². The molecule has 0 unspecified atom stereocenters. The zero-order chi connectivity index (χ0) is 13.4. The standard InChI is InChI=1S/C14H16N2O3/c17-14(10-6-8-11(9-7-10)16(18)19)15-12-4-2-1-3-5-13(12)15/h6-9,12-13H,1-5H2/t12-,13+,15?. The molecule has 3 rings (SSSR count). The number of likely N-dealkylation sites (tertiary alicyclic amines) is 1. The van der Waals surface area contributed by atoms with E-state index in [0.29, 0.717) is 17.6 Å². The van der Waals surface area contributed by atoms with Gasteiger partial charge in [0.05, 0.1) is 17.0 Å². The second kappa shape index (κ2) is 4.64. The van der Waals surface area contributed by atoms with Gasteiger partial charge in [0.25, 0.3) is 11.6 Å². The van der Waals surface area contributed by atoms with Gasteiger partial charge < -0.3 is 4.90 Å². The third kappa shape index (κ3) is 2.20. The zero-order valence-corrected chi connectivity index (χ0v) is 10.6. The Morgan fingerprint density at radius 3 is 2.21 bits per heavy atom. The van der Waals surface area contributed by atoms with Crippen molar-refractivity contribution >= 4 is 11.6 Å². The summed E-state index contributed by atoms with van der Waals surface area (Å²) >= 11 is 0. The number of carbonyl (C=O) groups excluding carboxylic acids is 1. The van der Waals surface area contributed by atoms with Crippen LogP contribution in [-0.4, -0.2) is 27.8 Å². The zero-order valence-electron chi connectivity index (χ0n) is 10.6. The first-order chi connectivity index (χ1) is 9.18. The van der Waals surface area contributed by atoms with Gasteiger partial charge in [-0.2, -0.15) is 0 Å². The molecule has 2 fully saturated rings. The average molecular weight is 260 g/mol. The molecule has 0 aromatic heterocycles. The smallest absolute Gasteiger partial charge is 0.269 e. The molecule has 1 saturated heterocycles. The highest BCUT2D eigenvalue weighted by atomic mass is 16.6. The van der Waals surface area contributed by atoms with Crippen LogP contribution >= 0.6 is 0 Å². The summed E-state index contributed by atoms with van der Waals surface area (Å²) in [6.45, 7) is 0. The molecular formula is C14H16N2O3. The third-order valence-corrected chi connectivity index (χ3v) is 4.13. The Morgan fingerprint density at radius 2 is 1.68 bits per heavy atom. The van der Waals surface area contributed by atoms with E-state index in [1.165, 1.54) is 31.4 Å². The molecule has 0 radical (unpaired) electrons. The first-order valence-electron chi connectivity index (χ1n) is 6.75. The van der Waals surface area contributed by atoms with E-state index in [4.69, 9.17) is 0 Å². The molecule has 1 aromatic carbocycles. The minimum absolute atomic E-state index is 0.0202. The highest BCUT2D eigenvalue weighted by Gasteiger charge is 2.50. The maximum atomic E-state index is 12.3. The van der Waals surface area contributed by atoms with Gasteiger partial charge in [-0.3, -0.25) is 14.9 Å². The maximum absolute atomic E-state index is 12.3. The first-order valence-corrected chi connectivity index (χ1v) is 6.75. The molecule has 1 saturated carbocycles. The minimum atomic E-state index is -0.449. The Labute approximate surface area is 111 Å². The molecular weight excluding hydrogens is 244 g/mol. The molecule has 2 aliphatic rings. The Morgan fingerprint density at radius 1 is 1.11 bits per heavy atom. The second-order valence-electron chi connectivity index (χ2n) is 5.29. The van der Waals surface area contributed by atoms with Gasteiger partial charge in [-0.1, -0.05) is 19.3 Å². The number of hydrogen-bond acceptors (Lipinski definition) is 3. The van der Waals surface area contributed by atoms with Crippen LogP contribution in [0.2, 0.25) is 0 Å². The topological polar surface area (TPSA) is 63.2 Å². The van der Waals surface area contributed by atoms with E-state index in [0.717, 1.165) is 12.8 Å². The monoisotopic (exact) mass is 260 g/mol. The summed E-state index contributed by atoms with van der Waals surface area (Å²) < 4.78 is 0. The van der Waals surface area contributed by atoms with Crippen LogP contribution in [0.3, 0.4) is 0 Å². The fourth-order valence-corrected chi connectivity index (χ4v) is 3.06. The van der Waals surface area contributed by atoms with E-state index in [9.17, 15) is 14.9 Å². The number of nitro benzene ring substituents is 1. The van der Waals surface area contributed by atoms with Crippen molar-refractivity contribution in [2.24, 2.45) is 0 Å².